The maximum absolute atomic E-state index is 10.9. The van der Waals surface area contributed by atoms with Crippen LogP contribution < -0.4 is 10.5 Å². The minimum atomic E-state index is -0.823. The van der Waals surface area contributed by atoms with E-state index < -0.39 is 5.97 Å². The second kappa shape index (κ2) is 7.14. The molecule has 0 spiro atoms. The third-order valence-electron chi connectivity index (χ3n) is 3.06. The van der Waals surface area contributed by atoms with Gasteiger partial charge in [0, 0.05) is 12.0 Å². The quantitative estimate of drug-likeness (QED) is 0.795. The highest BCUT2D eigenvalue weighted by Crippen LogP contribution is 2.26. The molecule has 1 rings (SSSR count). The fourth-order valence-electron chi connectivity index (χ4n) is 2.05. The Morgan fingerprint density at radius 2 is 1.89 bits per heavy atom. The lowest BCUT2D eigenvalue weighted by Gasteiger charge is -2.22. The predicted octanol–water partition coefficient (Wildman–Crippen LogP) is 2.77. The molecule has 0 aliphatic carbocycles. The Bertz CT molecular complexity index is 400. The van der Waals surface area contributed by atoms with Crippen molar-refractivity contribution in [3.05, 3.63) is 29.8 Å². The number of carboxylic acids is 1. The van der Waals surface area contributed by atoms with Crippen LogP contribution in [0.25, 0.3) is 0 Å². The van der Waals surface area contributed by atoms with Crippen LogP contribution in [-0.2, 0) is 4.79 Å². The zero-order valence-electron chi connectivity index (χ0n) is 11.8. The van der Waals surface area contributed by atoms with Crippen molar-refractivity contribution >= 4 is 5.97 Å². The van der Waals surface area contributed by atoms with E-state index >= 15 is 0 Å². The van der Waals surface area contributed by atoms with Gasteiger partial charge in [-0.05, 0) is 38.0 Å². The van der Waals surface area contributed by atoms with E-state index in [9.17, 15) is 4.79 Å². The van der Waals surface area contributed by atoms with E-state index in [1.165, 1.54) is 0 Å². The summed E-state index contributed by atoms with van der Waals surface area (Å²) in [6, 6.07) is 7.40. The Balaban J connectivity index is 2.87. The first-order chi connectivity index (χ1) is 8.93. The summed E-state index contributed by atoms with van der Waals surface area (Å²) in [6.07, 6.45) is 0.931. The largest absolute Gasteiger partial charge is 0.491 e. The van der Waals surface area contributed by atoms with Crippen molar-refractivity contribution < 1.29 is 14.6 Å². The van der Waals surface area contributed by atoms with E-state index in [4.69, 9.17) is 15.6 Å². The maximum atomic E-state index is 10.9. The van der Waals surface area contributed by atoms with Gasteiger partial charge in [0.1, 0.15) is 5.75 Å². The lowest BCUT2D eigenvalue weighted by molar-refractivity contribution is -0.137. The number of carbonyl (C=O) groups is 1. The molecule has 2 atom stereocenters. The van der Waals surface area contributed by atoms with Crippen LogP contribution in [0.15, 0.2) is 24.3 Å². The van der Waals surface area contributed by atoms with Crippen LogP contribution in [0.4, 0.5) is 0 Å². The van der Waals surface area contributed by atoms with Gasteiger partial charge in [-0.1, -0.05) is 19.1 Å². The summed E-state index contributed by atoms with van der Waals surface area (Å²) in [6.45, 7) is 5.90. The van der Waals surface area contributed by atoms with E-state index in [2.05, 4.69) is 0 Å². The number of hydrogen-bond acceptors (Lipinski definition) is 3. The van der Waals surface area contributed by atoms with Gasteiger partial charge < -0.3 is 15.6 Å². The Morgan fingerprint density at radius 3 is 2.32 bits per heavy atom. The van der Waals surface area contributed by atoms with Crippen LogP contribution in [0, 0.1) is 0 Å². The topological polar surface area (TPSA) is 72.6 Å². The average Bonchev–Trinajstić information content (AvgIpc) is 2.35. The van der Waals surface area contributed by atoms with Gasteiger partial charge in [0.15, 0.2) is 0 Å². The third-order valence-corrected chi connectivity index (χ3v) is 3.06. The molecule has 106 valence electrons. The molecule has 0 heterocycles. The summed E-state index contributed by atoms with van der Waals surface area (Å²) < 4.78 is 5.57. The summed E-state index contributed by atoms with van der Waals surface area (Å²) in [5.41, 5.74) is 6.97. The molecule has 4 heteroatoms. The molecule has 1 aromatic rings. The molecule has 0 aliphatic heterocycles. The Hall–Kier alpha value is -1.55. The fraction of sp³-hybridized carbons (Fsp3) is 0.533. The van der Waals surface area contributed by atoms with Crippen molar-refractivity contribution in [2.75, 3.05) is 0 Å². The van der Waals surface area contributed by atoms with E-state index in [1.807, 2.05) is 45.0 Å². The highest BCUT2D eigenvalue weighted by Gasteiger charge is 2.21. The Morgan fingerprint density at radius 1 is 1.32 bits per heavy atom. The summed E-state index contributed by atoms with van der Waals surface area (Å²) in [5.74, 6) is -0.190. The van der Waals surface area contributed by atoms with Gasteiger partial charge in [-0.15, -0.1) is 0 Å². The van der Waals surface area contributed by atoms with E-state index in [0.717, 1.165) is 17.7 Å². The highest BCUT2D eigenvalue weighted by molar-refractivity contribution is 5.68. The average molecular weight is 265 g/mol. The SMILES string of the molecule is CCC(N)C(CC(=O)O)c1ccc(OC(C)C)cc1. The Kier molecular flexibility index (Phi) is 5.83. The molecule has 0 bridgehead atoms. The molecule has 19 heavy (non-hydrogen) atoms. The summed E-state index contributed by atoms with van der Waals surface area (Å²) in [5, 5.41) is 8.98. The van der Waals surface area contributed by atoms with Crippen LogP contribution in [0.5, 0.6) is 5.75 Å². The van der Waals surface area contributed by atoms with Crippen LogP contribution >= 0.6 is 0 Å². The smallest absolute Gasteiger partial charge is 0.304 e. The van der Waals surface area contributed by atoms with Crippen molar-refractivity contribution in [2.24, 2.45) is 5.73 Å². The van der Waals surface area contributed by atoms with Crippen molar-refractivity contribution in [1.82, 2.24) is 0 Å². The van der Waals surface area contributed by atoms with Crippen LogP contribution in [-0.4, -0.2) is 23.2 Å². The number of benzene rings is 1. The lowest BCUT2D eigenvalue weighted by atomic mass is 9.87. The van der Waals surface area contributed by atoms with Crippen LogP contribution in [0.1, 0.15) is 45.1 Å². The molecule has 3 N–H and O–H groups in total. The normalized spacial score (nSPS) is 14.2. The number of ether oxygens (including phenoxy) is 1. The molecule has 0 fully saturated rings. The number of carboxylic acid groups (broad SMARTS) is 1. The lowest BCUT2D eigenvalue weighted by Crippen LogP contribution is -2.29. The van der Waals surface area contributed by atoms with Gasteiger partial charge in [-0.25, -0.2) is 0 Å². The van der Waals surface area contributed by atoms with Crippen LogP contribution in [0.3, 0.4) is 0 Å². The Labute approximate surface area is 114 Å². The third kappa shape index (κ3) is 4.91. The molecular formula is C15H23NO3. The number of nitrogens with two attached hydrogens (primary N) is 1. The van der Waals surface area contributed by atoms with Crippen LogP contribution in [0.2, 0.25) is 0 Å². The molecule has 4 nitrogen and oxygen atoms in total. The van der Waals surface area contributed by atoms with E-state index in [1.54, 1.807) is 0 Å². The zero-order chi connectivity index (χ0) is 14.4. The first-order valence-electron chi connectivity index (χ1n) is 6.68. The zero-order valence-corrected chi connectivity index (χ0v) is 11.8. The molecular weight excluding hydrogens is 242 g/mol. The number of aliphatic carboxylic acids is 1. The van der Waals surface area contributed by atoms with Gasteiger partial charge in [-0.2, -0.15) is 0 Å². The second-order valence-electron chi connectivity index (χ2n) is 5.01. The molecule has 0 radical (unpaired) electrons. The first kappa shape index (κ1) is 15.5. The molecule has 0 aliphatic rings. The van der Waals surface area contributed by atoms with Crippen molar-refractivity contribution in [3.63, 3.8) is 0 Å². The van der Waals surface area contributed by atoms with Crippen molar-refractivity contribution in [1.29, 1.82) is 0 Å². The van der Waals surface area contributed by atoms with Crippen molar-refractivity contribution in [3.8, 4) is 5.75 Å². The molecule has 1 aromatic carbocycles. The number of rotatable bonds is 7. The minimum absolute atomic E-state index is 0.0550. The predicted molar refractivity (Wildman–Crippen MR) is 75.5 cm³/mol. The molecule has 0 aromatic heterocycles. The minimum Gasteiger partial charge on any atom is -0.491 e. The summed E-state index contributed by atoms with van der Waals surface area (Å²) >= 11 is 0. The van der Waals surface area contributed by atoms with Gasteiger partial charge in [0.05, 0.1) is 12.5 Å². The highest BCUT2D eigenvalue weighted by atomic mass is 16.5. The second-order valence-corrected chi connectivity index (χ2v) is 5.01. The van der Waals surface area contributed by atoms with Gasteiger partial charge in [-0.3, -0.25) is 4.79 Å². The monoisotopic (exact) mass is 265 g/mol. The number of hydrogen-bond donors (Lipinski definition) is 2. The van der Waals surface area contributed by atoms with E-state index in [-0.39, 0.29) is 24.5 Å². The fourth-order valence-corrected chi connectivity index (χ4v) is 2.05. The molecule has 0 saturated carbocycles. The van der Waals surface area contributed by atoms with Gasteiger partial charge >= 0.3 is 5.97 Å². The molecule has 0 saturated heterocycles. The molecule has 2 unspecified atom stereocenters. The maximum Gasteiger partial charge on any atom is 0.304 e. The van der Waals surface area contributed by atoms with Gasteiger partial charge in [0.2, 0.25) is 0 Å². The first-order valence-corrected chi connectivity index (χ1v) is 6.68. The van der Waals surface area contributed by atoms with Crippen molar-refractivity contribution in [2.45, 2.75) is 51.7 Å². The molecule has 0 amide bonds. The van der Waals surface area contributed by atoms with Gasteiger partial charge in [0.25, 0.3) is 0 Å². The summed E-state index contributed by atoms with van der Waals surface area (Å²) in [7, 11) is 0. The summed E-state index contributed by atoms with van der Waals surface area (Å²) in [4.78, 5) is 10.9. The standard InChI is InChI=1S/C15H23NO3/c1-4-14(16)13(9-15(17)18)11-5-7-12(8-6-11)19-10(2)3/h5-8,10,13-14H,4,9,16H2,1-3H3,(H,17,18). The van der Waals surface area contributed by atoms with E-state index in [0.29, 0.717) is 0 Å².